The molecule has 0 saturated carbocycles. The molecule has 0 radical (unpaired) electrons. The number of nitrogens with zero attached hydrogens (tertiary/aromatic N) is 1. The van der Waals surface area contributed by atoms with Crippen molar-refractivity contribution >= 4 is 5.91 Å². The normalized spacial score (nSPS) is 11.3. The molecule has 0 aliphatic rings. The minimum atomic E-state index is 0.251. The summed E-state index contributed by atoms with van der Waals surface area (Å²) in [7, 11) is 0. The highest BCUT2D eigenvalue weighted by atomic mass is 16.1. The van der Waals surface area contributed by atoms with Gasteiger partial charge in [0.1, 0.15) is 0 Å². The maximum absolute atomic E-state index is 11.8. The topological polar surface area (TPSA) is 32.3 Å². The standard InChI is InChI=1S/C24H50N2O/c1-4-7-8-9-10-11-12-13-14-15-16-17-18-21-24(27)25-22-19-20-23-26(5-2)6-3/h4-23H2,1-3H3,(H,25,27). The van der Waals surface area contributed by atoms with Gasteiger partial charge in [-0.2, -0.15) is 0 Å². The summed E-state index contributed by atoms with van der Waals surface area (Å²) in [6.45, 7) is 11.0. The highest BCUT2D eigenvalue weighted by molar-refractivity contribution is 5.75. The van der Waals surface area contributed by atoms with Crippen LogP contribution in [-0.4, -0.2) is 37.0 Å². The van der Waals surface area contributed by atoms with Gasteiger partial charge in [0, 0.05) is 13.0 Å². The Labute approximate surface area is 171 Å². The van der Waals surface area contributed by atoms with Crippen molar-refractivity contribution in [1.29, 1.82) is 0 Å². The second kappa shape index (κ2) is 21.7. The van der Waals surface area contributed by atoms with E-state index in [2.05, 4.69) is 31.0 Å². The van der Waals surface area contributed by atoms with Crippen molar-refractivity contribution in [3.05, 3.63) is 0 Å². The van der Waals surface area contributed by atoms with Crippen molar-refractivity contribution in [3.8, 4) is 0 Å². The third-order valence-corrected chi connectivity index (χ3v) is 5.63. The first-order valence-electron chi connectivity index (χ1n) is 12.2. The molecule has 0 aromatic carbocycles. The van der Waals surface area contributed by atoms with E-state index in [0.29, 0.717) is 6.42 Å². The monoisotopic (exact) mass is 382 g/mol. The number of hydrogen-bond acceptors (Lipinski definition) is 2. The van der Waals surface area contributed by atoms with Gasteiger partial charge < -0.3 is 10.2 Å². The number of carbonyl (C=O) groups excluding carboxylic acids is 1. The van der Waals surface area contributed by atoms with E-state index in [1.165, 1.54) is 83.5 Å². The largest absolute Gasteiger partial charge is 0.356 e. The lowest BCUT2D eigenvalue weighted by atomic mass is 10.0. The Balaban J connectivity index is 3.21. The Morgan fingerprint density at radius 3 is 1.59 bits per heavy atom. The SMILES string of the molecule is CCCCCCCCCCCCCCCC(=O)NCCCCN(CC)CC. The molecule has 0 aliphatic carbocycles. The number of unbranched alkanes of at least 4 members (excludes halogenated alkanes) is 13. The fourth-order valence-corrected chi connectivity index (χ4v) is 3.62. The molecule has 0 spiro atoms. The molecule has 162 valence electrons. The van der Waals surface area contributed by atoms with Crippen LogP contribution in [0.25, 0.3) is 0 Å². The Hall–Kier alpha value is -0.570. The molecule has 0 aromatic rings. The number of rotatable bonds is 21. The smallest absolute Gasteiger partial charge is 0.219 e. The first-order chi connectivity index (χ1) is 13.2. The summed E-state index contributed by atoms with van der Waals surface area (Å²) in [6.07, 6.45) is 20.6. The van der Waals surface area contributed by atoms with Crippen LogP contribution < -0.4 is 5.32 Å². The zero-order chi connectivity index (χ0) is 20.0. The molecule has 0 bridgehead atoms. The second-order valence-electron chi connectivity index (χ2n) is 8.08. The van der Waals surface area contributed by atoms with Crippen molar-refractivity contribution in [2.75, 3.05) is 26.2 Å². The molecular formula is C24H50N2O. The van der Waals surface area contributed by atoms with Crippen LogP contribution >= 0.6 is 0 Å². The van der Waals surface area contributed by atoms with Crippen molar-refractivity contribution in [3.63, 3.8) is 0 Å². The van der Waals surface area contributed by atoms with Crippen LogP contribution in [-0.2, 0) is 4.79 Å². The molecule has 1 N–H and O–H groups in total. The van der Waals surface area contributed by atoms with Crippen molar-refractivity contribution < 1.29 is 4.79 Å². The quantitative estimate of drug-likeness (QED) is 0.224. The molecule has 0 unspecified atom stereocenters. The van der Waals surface area contributed by atoms with Crippen molar-refractivity contribution in [2.24, 2.45) is 0 Å². The van der Waals surface area contributed by atoms with Gasteiger partial charge in [0.25, 0.3) is 0 Å². The molecule has 27 heavy (non-hydrogen) atoms. The highest BCUT2D eigenvalue weighted by Gasteiger charge is 2.02. The van der Waals surface area contributed by atoms with Crippen LogP contribution in [0.5, 0.6) is 0 Å². The fourth-order valence-electron chi connectivity index (χ4n) is 3.62. The van der Waals surface area contributed by atoms with Gasteiger partial charge >= 0.3 is 0 Å². The Bertz CT molecular complexity index is 303. The zero-order valence-corrected chi connectivity index (χ0v) is 19.0. The number of amides is 1. The molecule has 0 heterocycles. The average Bonchev–Trinajstić information content (AvgIpc) is 2.68. The molecule has 0 aromatic heterocycles. The van der Waals surface area contributed by atoms with Gasteiger partial charge in [0.2, 0.25) is 5.91 Å². The van der Waals surface area contributed by atoms with Gasteiger partial charge in [-0.15, -0.1) is 0 Å². The van der Waals surface area contributed by atoms with Gasteiger partial charge in [-0.1, -0.05) is 97.8 Å². The van der Waals surface area contributed by atoms with Crippen molar-refractivity contribution in [1.82, 2.24) is 10.2 Å². The second-order valence-corrected chi connectivity index (χ2v) is 8.08. The fraction of sp³-hybridized carbons (Fsp3) is 0.958. The Kier molecular flexibility index (Phi) is 21.3. The van der Waals surface area contributed by atoms with E-state index in [0.717, 1.165) is 39.0 Å². The Morgan fingerprint density at radius 1 is 0.630 bits per heavy atom. The van der Waals surface area contributed by atoms with Crippen LogP contribution in [0, 0.1) is 0 Å². The van der Waals surface area contributed by atoms with Gasteiger partial charge in [-0.05, 0) is 38.9 Å². The molecule has 0 aliphatic heterocycles. The molecule has 3 nitrogen and oxygen atoms in total. The number of carbonyl (C=O) groups is 1. The van der Waals surface area contributed by atoms with Crippen molar-refractivity contribution in [2.45, 2.75) is 124 Å². The molecule has 1 amide bonds. The van der Waals surface area contributed by atoms with Crippen LogP contribution in [0.3, 0.4) is 0 Å². The predicted molar refractivity (Wildman–Crippen MR) is 120 cm³/mol. The lowest BCUT2D eigenvalue weighted by Crippen LogP contribution is -2.27. The molecule has 0 rings (SSSR count). The predicted octanol–water partition coefficient (Wildman–Crippen LogP) is 6.71. The number of hydrogen-bond donors (Lipinski definition) is 1. The summed E-state index contributed by atoms with van der Waals surface area (Å²) < 4.78 is 0. The summed E-state index contributed by atoms with van der Waals surface area (Å²) in [5.41, 5.74) is 0. The van der Waals surface area contributed by atoms with E-state index in [1.54, 1.807) is 0 Å². The van der Waals surface area contributed by atoms with E-state index in [-0.39, 0.29) is 5.91 Å². The summed E-state index contributed by atoms with van der Waals surface area (Å²) in [4.78, 5) is 14.3. The molecule has 0 fully saturated rings. The lowest BCUT2D eigenvalue weighted by Gasteiger charge is -2.17. The first-order valence-corrected chi connectivity index (χ1v) is 12.2. The molecule has 3 heteroatoms. The van der Waals surface area contributed by atoms with Gasteiger partial charge in [0.05, 0.1) is 0 Å². The highest BCUT2D eigenvalue weighted by Crippen LogP contribution is 2.12. The van der Waals surface area contributed by atoms with E-state index < -0.39 is 0 Å². The maximum Gasteiger partial charge on any atom is 0.219 e. The minimum Gasteiger partial charge on any atom is -0.356 e. The van der Waals surface area contributed by atoms with Gasteiger partial charge in [0.15, 0.2) is 0 Å². The lowest BCUT2D eigenvalue weighted by molar-refractivity contribution is -0.121. The van der Waals surface area contributed by atoms with Crippen LogP contribution in [0.2, 0.25) is 0 Å². The molecule has 0 atom stereocenters. The zero-order valence-electron chi connectivity index (χ0n) is 19.0. The van der Waals surface area contributed by atoms with Crippen LogP contribution in [0.1, 0.15) is 124 Å². The summed E-state index contributed by atoms with van der Waals surface area (Å²) >= 11 is 0. The van der Waals surface area contributed by atoms with Gasteiger partial charge in [-0.25, -0.2) is 0 Å². The van der Waals surface area contributed by atoms with E-state index in [1.807, 2.05) is 0 Å². The summed E-state index contributed by atoms with van der Waals surface area (Å²) in [5.74, 6) is 0.251. The van der Waals surface area contributed by atoms with Crippen LogP contribution in [0.4, 0.5) is 0 Å². The van der Waals surface area contributed by atoms with E-state index in [4.69, 9.17) is 0 Å². The van der Waals surface area contributed by atoms with E-state index >= 15 is 0 Å². The molecule has 0 saturated heterocycles. The third-order valence-electron chi connectivity index (χ3n) is 5.63. The third kappa shape index (κ3) is 20.0. The van der Waals surface area contributed by atoms with Gasteiger partial charge in [-0.3, -0.25) is 4.79 Å². The minimum absolute atomic E-state index is 0.251. The van der Waals surface area contributed by atoms with E-state index in [9.17, 15) is 4.79 Å². The number of nitrogens with one attached hydrogen (secondary N) is 1. The van der Waals surface area contributed by atoms with Crippen LogP contribution in [0.15, 0.2) is 0 Å². The first kappa shape index (κ1) is 26.4. The molecular weight excluding hydrogens is 332 g/mol. The maximum atomic E-state index is 11.8. The summed E-state index contributed by atoms with van der Waals surface area (Å²) in [5, 5.41) is 3.08. The Morgan fingerprint density at radius 2 is 1.11 bits per heavy atom. The summed E-state index contributed by atoms with van der Waals surface area (Å²) in [6, 6.07) is 0. The average molecular weight is 383 g/mol.